The molecule has 0 heterocycles. The summed E-state index contributed by atoms with van der Waals surface area (Å²) in [6.45, 7) is 2.02. The monoisotopic (exact) mass is 152 g/mol. The summed E-state index contributed by atoms with van der Waals surface area (Å²) in [5.41, 5.74) is 0. The molecule has 1 aliphatic carbocycles. The van der Waals surface area contributed by atoms with Crippen LogP contribution in [0.5, 0.6) is 0 Å². The Morgan fingerprint density at radius 3 is 2.36 bits per heavy atom. The maximum absolute atomic E-state index is 10.6. The molecule has 1 heteroatoms. The molecule has 0 aromatic heterocycles. The molecular weight excluding hydrogens is 136 g/mol. The van der Waals surface area contributed by atoms with Crippen LogP contribution < -0.4 is 0 Å². The molecule has 0 amide bonds. The minimum atomic E-state index is 0.306. The summed E-state index contributed by atoms with van der Waals surface area (Å²) in [4.78, 5) is 10.6. The maximum atomic E-state index is 10.6. The van der Waals surface area contributed by atoms with Gasteiger partial charge in [-0.05, 0) is 25.7 Å². The molecule has 11 heavy (non-hydrogen) atoms. The number of rotatable bonds is 2. The van der Waals surface area contributed by atoms with Crippen molar-refractivity contribution < 1.29 is 4.79 Å². The van der Waals surface area contributed by atoms with Crippen molar-refractivity contribution >= 4 is 6.29 Å². The third-order valence-corrected chi connectivity index (χ3v) is 2.49. The lowest BCUT2D eigenvalue weighted by Crippen LogP contribution is -2.18. The highest BCUT2D eigenvalue weighted by Gasteiger charge is 2.21. The summed E-state index contributed by atoms with van der Waals surface area (Å²) in [6.07, 6.45) is 10.2. The van der Waals surface area contributed by atoms with Crippen LogP contribution in [0.25, 0.3) is 0 Å². The maximum Gasteiger partial charge on any atom is 0.123 e. The van der Waals surface area contributed by atoms with Crippen molar-refractivity contribution in [2.75, 3.05) is 0 Å². The number of hydrogen-bond donors (Lipinski definition) is 0. The Morgan fingerprint density at radius 1 is 1.18 bits per heavy atom. The summed E-state index contributed by atoms with van der Waals surface area (Å²) >= 11 is 0. The Kier molecular flexibility index (Phi) is 3.34. The van der Waals surface area contributed by atoms with Crippen LogP contribution in [0, 0.1) is 11.8 Å². The van der Waals surface area contributed by atoms with Gasteiger partial charge in [-0.3, -0.25) is 0 Å². The Labute approximate surface area is 68.5 Å². The van der Waals surface area contributed by atoms with E-state index in [1.807, 2.05) is 6.92 Å². The zero-order chi connectivity index (χ0) is 8.10. The molecule has 1 fully saturated rings. The standard InChI is InChI=1S/C10H16O/c1-2-5-9-6-3-4-7-10(9)8-11/h2,5,8-10H,3-4,6-7H2,1H3/b5-2-/t9?,10-/m1/s1. The van der Waals surface area contributed by atoms with Gasteiger partial charge < -0.3 is 4.79 Å². The number of carbonyl (C=O) groups is 1. The van der Waals surface area contributed by atoms with Gasteiger partial charge in [-0.1, -0.05) is 25.0 Å². The molecule has 0 spiro atoms. The van der Waals surface area contributed by atoms with Crippen LogP contribution in [0.1, 0.15) is 32.6 Å². The second-order valence-corrected chi connectivity index (χ2v) is 3.27. The van der Waals surface area contributed by atoms with Crippen LogP contribution in [-0.2, 0) is 4.79 Å². The molecule has 62 valence electrons. The van der Waals surface area contributed by atoms with E-state index in [1.165, 1.54) is 19.3 Å². The zero-order valence-corrected chi connectivity index (χ0v) is 7.12. The van der Waals surface area contributed by atoms with Crippen LogP contribution >= 0.6 is 0 Å². The van der Waals surface area contributed by atoms with Crippen molar-refractivity contribution in [2.45, 2.75) is 32.6 Å². The van der Waals surface area contributed by atoms with Crippen LogP contribution in [0.4, 0.5) is 0 Å². The fraction of sp³-hybridized carbons (Fsp3) is 0.700. The van der Waals surface area contributed by atoms with E-state index in [0.717, 1.165) is 12.7 Å². The molecule has 0 aromatic carbocycles. The van der Waals surface area contributed by atoms with Gasteiger partial charge in [0, 0.05) is 5.92 Å². The fourth-order valence-corrected chi connectivity index (χ4v) is 1.84. The molecular formula is C10H16O. The molecule has 0 N–H and O–H groups in total. The lowest BCUT2D eigenvalue weighted by atomic mass is 9.80. The number of aldehydes is 1. The second-order valence-electron chi connectivity index (χ2n) is 3.27. The largest absolute Gasteiger partial charge is 0.303 e. The van der Waals surface area contributed by atoms with Crippen LogP contribution in [-0.4, -0.2) is 6.29 Å². The quantitative estimate of drug-likeness (QED) is 0.439. The lowest BCUT2D eigenvalue weighted by Gasteiger charge is -2.24. The summed E-state index contributed by atoms with van der Waals surface area (Å²) in [5.74, 6) is 0.839. The van der Waals surface area contributed by atoms with Crippen molar-refractivity contribution in [2.24, 2.45) is 11.8 Å². The minimum absolute atomic E-state index is 0.306. The van der Waals surface area contributed by atoms with E-state index in [2.05, 4.69) is 12.2 Å². The molecule has 0 saturated heterocycles. The summed E-state index contributed by atoms with van der Waals surface area (Å²) in [7, 11) is 0. The lowest BCUT2D eigenvalue weighted by molar-refractivity contribution is -0.112. The Hall–Kier alpha value is -0.590. The van der Waals surface area contributed by atoms with Gasteiger partial charge in [0.05, 0.1) is 0 Å². The van der Waals surface area contributed by atoms with Crippen molar-refractivity contribution in [3.63, 3.8) is 0 Å². The zero-order valence-electron chi connectivity index (χ0n) is 7.12. The van der Waals surface area contributed by atoms with E-state index in [0.29, 0.717) is 11.8 Å². The highest BCUT2D eigenvalue weighted by Crippen LogP contribution is 2.29. The highest BCUT2D eigenvalue weighted by molar-refractivity contribution is 5.54. The molecule has 1 unspecified atom stereocenters. The Balaban J connectivity index is 2.50. The first-order valence-corrected chi connectivity index (χ1v) is 4.46. The van der Waals surface area contributed by atoms with E-state index < -0.39 is 0 Å². The average Bonchev–Trinajstić information content (AvgIpc) is 2.06. The van der Waals surface area contributed by atoms with Gasteiger partial charge in [0.15, 0.2) is 0 Å². The number of allylic oxidation sites excluding steroid dienone is 2. The first-order valence-electron chi connectivity index (χ1n) is 4.46. The van der Waals surface area contributed by atoms with Gasteiger partial charge in [0.25, 0.3) is 0 Å². The first kappa shape index (κ1) is 8.51. The molecule has 2 atom stereocenters. The van der Waals surface area contributed by atoms with Crippen molar-refractivity contribution in [3.8, 4) is 0 Å². The van der Waals surface area contributed by atoms with E-state index >= 15 is 0 Å². The van der Waals surface area contributed by atoms with E-state index in [-0.39, 0.29) is 0 Å². The number of hydrogen-bond acceptors (Lipinski definition) is 1. The minimum Gasteiger partial charge on any atom is -0.303 e. The molecule has 0 aromatic rings. The summed E-state index contributed by atoms with van der Waals surface area (Å²) < 4.78 is 0. The SMILES string of the molecule is C/C=C\C1CCCC[C@@H]1C=O. The summed E-state index contributed by atoms with van der Waals surface area (Å²) in [5, 5.41) is 0. The van der Waals surface area contributed by atoms with Gasteiger partial charge >= 0.3 is 0 Å². The summed E-state index contributed by atoms with van der Waals surface area (Å²) in [6, 6.07) is 0. The first-order chi connectivity index (χ1) is 5.38. The van der Waals surface area contributed by atoms with Gasteiger partial charge in [0.1, 0.15) is 6.29 Å². The van der Waals surface area contributed by atoms with Crippen LogP contribution in [0.15, 0.2) is 12.2 Å². The Morgan fingerprint density at radius 2 is 1.82 bits per heavy atom. The fourth-order valence-electron chi connectivity index (χ4n) is 1.84. The second kappa shape index (κ2) is 4.32. The molecule has 0 aliphatic heterocycles. The van der Waals surface area contributed by atoms with Crippen molar-refractivity contribution in [1.82, 2.24) is 0 Å². The van der Waals surface area contributed by atoms with Crippen LogP contribution in [0.2, 0.25) is 0 Å². The highest BCUT2D eigenvalue weighted by atomic mass is 16.1. The predicted octanol–water partition coefficient (Wildman–Crippen LogP) is 2.57. The third kappa shape index (κ3) is 2.18. The number of carbonyl (C=O) groups excluding carboxylic acids is 1. The molecule has 1 saturated carbocycles. The van der Waals surface area contributed by atoms with Gasteiger partial charge in [0.2, 0.25) is 0 Å². The van der Waals surface area contributed by atoms with Gasteiger partial charge in [-0.2, -0.15) is 0 Å². The molecule has 0 radical (unpaired) electrons. The molecule has 1 nitrogen and oxygen atoms in total. The molecule has 1 aliphatic rings. The smallest absolute Gasteiger partial charge is 0.123 e. The Bertz CT molecular complexity index is 149. The topological polar surface area (TPSA) is 17.1 Å². The van der Waals surface area contributed by atoms with E-state index in [9.17, 15) is 4.79 Å². The van der Waals surface area contributed by atoms with Gasteiger partial charge in [-0.15, -0.1) is 0 Å². The van der Waals surface area contributed by atoms with Crippen LogP contribution in [0.3, 0.4) is 0 Å². The van der Waals surface area contributed by atoms with Gasteiger partial charge in [-0.25, -0.2) is 0 Å². The average molecular weight is 152 g/mol. The van der Waals surface area contributed by atoms with Crippen molar-refractivity contribution in [3.05, 3.63) is 12.2 Å². The normalized spacial score (nSPS) is 32.5. The molecule has 1 rings (SSSR count). The van der Waals surface area contributed by atoms with Crippen molar-refractivity contribution in [1.29, 1.82) is 0 Å². The third-order valence-electron chi connectivity index (χ3n) is 2.49. The van der Waals surface area contributed by atoms with E-state index in [1.54, 1.807) is 0 Å². The molecule has 0 bridgehead atoms. The predicted molar refractivity (Wildman–Crippen MR) is 46.3 cm³/mol. The van der Waals surface area contributed by atoms with E-state index in [4.69, 9.17) is 0 Å².